The maximum Gasteiger partial charge on any atom is 0.231 e. The molecule has 2 rings (SSSR count). The van der Waals surface area contributed by atoms with Gasteiger partial charge in [0.1, 0.15) is 0 Å². The minimum atomic E-state index is 0.125. The summed E-state index contributed by atoms with van der Waals surface area (Å²) in [5, 5.41) is 12.8. The van der Waals surface area contributed by atoms with E-state index in [1.165, 1.54) is 0 Å². The number of rotatable bonds is 6. The first-order chi connectivity index (χ1) is 9.17. The van der Waals surface area contributed by atoms with Gasteiger partial charge in [-0.1, -0.05) is 33.2 Å². The Balaban J connectivity index is 1.95. The van der Waals surface area contributed by atoms with Gasteiger partial charge < -0.3 is 9.63 Å². The largest absolute Gasteiger partial charge is 0.395 e. The maximum atomic E-state index is 8.83. The van der Waals surface area contributed by atoms with Crippen molar-refractivity contribution in [1.82, 2.24) is 15.0 Å². The van der Waals surface area contributed by atoms with E-state index in [2.05, 4.69) is 26.1 Å². The number of aromatic nitrogens is 2. The molecule has 102 valence electrons. The Bertz CT molecular complexity index is 513. The SMILES string of the molecule is CN(CCO)Cc1noc(Cc2ccc(Br)cc2)n1. The van der Waals surface area contributed by atoms with Crippen molar-refractivity contribution in [2.24, 2.45) is 0 Å². The highest BCUT2D eigenvalue weighted by Gasteiger charge is 2.09. The number of likely N-dealkylation sites (N-methyl/N-ethyl adjacent to an activating group) is 1. The smallest absolute Gasteiger partial charge is 0.231 e. The third-order valence-electron chi connectivity index (χ3n) is 2.67. The van der Waals surface area contributed by atoms with Gasteiger partial charge in [-0.2, -0.15) is 4.98 Å². The predicted octanol–water partition coefficient (Wildman–Crippen LogP) is 1.85. The summed E-state index contributed by atoms with van der Waals surface area (Å²) >= 11 is 3.40. The molecule has 1 N–H and O–H groups in total. The van der Waals surface area contributed by atoms with Crippen LogP contribution in [0.5, 0.6) is 0 Å². The van der Waals surface area contributed by atoms with Gasteiger partial charge in [0.05, 0.1) is 19.6 Å². The van der Waals surface area contributed by atoms with Crippen LogP contribution in [0.1, 0.15) is 17.3 Å². The van der Waals surface area contributed by atoms with Crippen LogP contribution in [-0.4, -0.2) is 40.3 Å². The van der Waals surface area contributed by atoms with Gasteiger partial charge in [0.25, 0.3) is 0 Å². The molecular weight excluding hydrogens is 310 g/mol. The Hall–Kier alpha value is -1.24. The molecule has 19 heavy (non-hydrogen) atoms. The van der Waals surface area contributed by atoms with Crippen molar-refractivity contribution in [3.8, 4) is 0 Å². The Kier molecular flexibility index (Phi) is 5.07. The van der Waals surface area contributed by atoms with E-state index >= 15 is 0 Å². The van der Waals surface area contributed by atoms with E-state index in [1.807, 2.05) is 36.2 Å². The van der Waals surface area contributed by atoms with Gasteiger partial charge in [0, 0.05) is 11.0 Å². The van der Waals surface area contributed by atoms with Gasteiger partial charge in [-0.3, -0.25) is 4.90 Å². The summed E-state index contributed by atoms with van der Waals surface area (Å²) in [6, 6.07) is 8.01. The fourth-order valence-electron chi connectivity index (χ4n) is 1.69. The van der Waals surface area contributed by atoms with Crippen LogP contribution in [0, 0.1) is 0 Å². The molecule has 0 radical (unpaired) electrons. The van der Waals surface area contributed by atoms with Crippen LogP contribution >= 0.6 is 15.9 Å². The van der Waals surface area contributed by atoms with Crippen molar-refractivity contribution >= 4 is 15.9 Å². The number of hydrogen-bond acceptors (Lipinski definition) is 5. The van der Waals surface area contributed by atoms with Gasteiger partial charge in [0.15, 0.2) is 5.82 Å². The van der Waals surface area contributed by atoms with E-state index in [-0.39, 0.29) is 6.61 Å². The summed E-state index contributed by atoms with van der Waals surface area (Å²) in [5.74, 6) is 1.25. The number of aliphatic hydroxyl groups excluding tert-OH is 1. The Morgan fingerprint density at radius 1 is 1.32 bits per heavy atom. The molecule has 5 nitrogen and oxygen atoms in total. The minimum absolute atomic E-state index is 0.125. The van der Waals surface area contributed by atoms with Gasteiger partial charge in [-0.25, -0.2) is 0 Å². The van der Waals surface area contributed by atoms with E-state index in [1.54, 1.807) is 0 Å². The highest BCUT2D eigenvalue weighted by atomic mass is 79.9. The van der Waals surface area contributed by atoms with Crippen molar-refractivity contribution in [2.45, 2.75) is 13.0 Å². The molecule has 0 saturated carbocycles. The van der Waals surface area contributed by atoms with E-state index in [9.17, 15) is 0 Å². The van der Waals surface area contributed by atoms with Gasteiger partial charge in [-0.05, 0) is 24.7 Å². The number of nitrogens with zero attached hydrogens (tertiary/aromatic N) is 3. The Labute approximate surface area is 120 Å². The number of halogens is 1. The summed E-state index contributed by atoms with van der Waals surface area (Å²) < 4.78 is 6.27. The lowest BCUT2D eigenvalue weighted by molar-refractivity contribution is 0.213. The first kappa shape index (κ1) is 14.2. The lowest BCUT2D eigenvalue weighted by Gasteiger charge is -2.11. The van der Waals surface area contributed by atoms with E-state index < -0.39 is 0 Å². The van der Waals surface area contributed by atoms with Crippen LogP contribution in [-0.2, 0) is 13.0 Å². The first-order valence-corrected chi connectivity index (χ1v) is 6.82. The average Bonchev–Trinajstić information content (AvgIpc) is 2.80. The standard InChI is InChI=1S/C13H16BrN3O2/c1-17(6-7-18)9-12-15-13(19-16-12)8-10-2-4-11(14)5-3-10/h2-5,18H,6-9H2,1H3. The normalized spacial score (nSPS) is 11.2. The monoisotopic (exact) mass is 325 g/mol. The molecule has 0 fully saturated rings. The van der Waals surface area contributed by atoms with Crippen molar-refractivity contribution in [2.75, 3.05) is 20.2 Å². The van der Waals surface area contributed by atoms with Gasteiger partial charge in [-0.15, -0.1) is 0 Å². The average molecular weight is 326 g/mol. The summed E-state index contributed by atoms with van der Waals surface area (Å²) in [6.45, 7) is 1.29. The summed E-state index contributed by atoms with van der Waals surface area (Å²) in [4.78, 5) is 6.28. The molecule has 0 bridgehead atoms. The quantitative estimate of drug-likeness (QED) is 0.878. The maximum absolute atomic E-state index is 8.83. The molecular formula is C13H16BrN3O2. The van der Waals surface area contributed by atoms with Crippen LogP contribution in [0.2, 0.25) is 0 Å². The molecule has 0 saturated heterocycles. The van der Waals surface area contributed by atoms with Crippen LogP contribution in [0.25, 0.3) is 0 Å². The zero-order valence-electron chi connectivity index (χ0n) is 10.7. The lowest BCUT2D eigenvalue weighted by atomic mass is 10.1. The van der Waals surface area contributed by atoms with E-state index in [4.69, 9.17) is 9.63 Å². The fraction of sp³-hybridized carbons (Fsp3) is 0.385. The van der Waals surface area contributed by atoms with E-state index in [0.717, 1.165) is 10.0 Å². The molecule has 0 aliphatic rings. The molecule has 6 heteroatoms. The molecule has 1 heterocycles. The van der Waals surface area contributed by atoms with Gasteiger partial charge in [0.2, 0.25) is 5.89 Å². The third-order valence-corrected chi connectivity index (χ3v) is 3.20. The lowest BCUT2D eigenvalue weighted by Crippen LogP contribution is -2.22. The number of hydrogen-bond donors (Lipinski definition) is 1. The second kappa shape index (κ2) is 6.79. The zero-order valence-corrected chi connectivity index (χ0v) is 12.3. The van der Waals surface area contributed by atoms with Gasteiger partial charge >= 0.3 is 0 Å². The van der Waals surface area contributed by atoms with Crippen molar-refractivity contribution in [3.63, 3.8) is 0 Å². The third kappa shape index (κ3) is 4.41. The zero-order chi connectivity index (χ0) is 13.7. The molecule has 0 aliphatic heterocycles. The topological polar surface area (TPSA) is 62.4 Å². The highest BCUT2D eigenvalue weighted by Crippen LogP contribution is 2.13. The molecule has 0 atom stereocenters. The van der Waals surface area contributed by atoms with Crippen molar-refractivity contribution in [3.05, 3.63) is 46.0 Å². The molecule has 2 aromatic rings. The first-order valence-electron chi connectivity index (χ1n) is 6.02. The molecule has 1 aromatic carbocycles. The minimum Gasteiger partial charge on any atom is -0.395 e. The molecule has 0 amide bonds. The summed E-state index contributed by atoms with van der Waals surface area (Å²) in [7, 11) is 1.90. The van der Waals surface area contributed by atoms with Crippen molar-refractivity contribution < 1.29 is 9.63 Å². The predicted molar refractivity (Wildman–Crippen MR) is 74.7 cm³/mol. The molecule has 0 spiro atoms. The number of aliphatic hydroxyl groups is 1. The van der Waals surface area contributed by atoms with E-state index in [0.29, 0.717) is 31.2 Å². The fourth-order valence-corrected chi connectivity index (χ4v) is 1.96. The molecule has 0 unspecified atom stereocenters. The highest BCUT2D eigenvalue weighted by molar-refractivity contribution is 9.10. The Morgan fingerprint density at radius 2 is 2.05 bits per heavy atom. The van der Waals surface area contributed by atoms with Crippen LogP contribution in [0.15, 0.2) is 33.3 Å². The molecule has 1 aromatic heterocycles. The molecule has 0 aliphatic carbocycles. The van der Waals surface area contributed by atoms with Crippen LogP contribution < -0.4 is 0 Å². The second-order valence-electron chi connectivity index (χ2n) is 4.37. The Morgan fingerprint density at radius 3 is 2.74 bits per heavy atom. The van der Waals surface area contributed by atoms with Crippen LogP contribution in [0.4, 0.5) is 0 Å². The second-order valence-corrected chi connectivity index (χ2v) is 5.28. The van der Waals surface area contributed by atoms with Crippen molar-refractivity contribution in [1.29, 1.82) is 0 Å². The van der Waals surface area contributed by atoms with Crippen LogP contribution in [0.3, 0.4) is 0 Å². The summed E-state index contributed by atoms with van der Waals surface area (Å²) in [6.07, 6.45) is 0.629. The number of benzene rings is 1. The summed E-state index contributed by atoms with van der Waals surface area (Å²) in [5.41, 5.74) is 1.13.